The molecule has 3 nitrogen and oxygen atoms in total. The largest absolute Gasteiger partial charge is 0.333 e. The van der Waals surface area contributed by atoms with Crippen LogP contribution in [0.2, 0.25) is 0 Å². The topological polar surface area (TPSA) is 33.2 Å². The molecule has 0 atom stereocenters. The molecule has 0 saturated carbocycles. The van der Waals surface area contributed by atoms with Gasteiger partial charge in [-0.1, -0.05) is 46.3 Å². The number of carbonyl (C=O) groups excluding carboxylic acids is 1. The van der Waals surface area contributed by atoms with Crippen LogP contribution in [0.1, 0.15) is 20.2 Å². The Morgan fingerprint density at radius 3 is 2.68 bits per heavy atom. The van der Waals surface area contributed by atoms with Crippen LogP contribution < -0.4 is 0 Å². The van der Waals surface area contributed by atoms with E-state index < -0.39 is 0 Å². The maximum Gasteiger partial charge on any atom is 0.265 e. The molecule has 19 heavy (non-hydrogen) atoms. The molecule has 0 aliphatic rings. The van der Waals surface area contributed by atoms with Crippen molar-refractivity contribution in [1.29, 1.82) is 0 Å². The van der Waals surface area contributed by atoms with Crippen molar-refractivity contribution in [1.82, 2.24) is 9.88 Å². The number of benzene rings is 1. The Kier molecular flexibility index (Phi) is 5.10. The Bertz CT molecular complexity index is 541. The molecular formula is C14H15BrN2OS. The van der Waals surface area contributed by atoms with Gasteiger partial charge in [0.2, 0.25) is 0 Å². The third kappa shape index (κ3) is 3.88. The first-order chi connectivity index (χ1) is 9.20. The summed E-state index contributed by atoms with van der Waals surface area (Å²) in [4.78, 5) is 19.1. The number of nitrogens with zero attached hydrogens (tertiary/aromatic N) is 2. The fourth-order valence-electron chi connectivity index (χ4n) is 1.77. The van der Waals surface area contributed by atoms with Crippen molar-refractivity contribution in [2.24, 2.45) is 0 Å². The lowest BCUT2D eigenvalue weighted by molar-refractivity contribution is 0.0759. The number of halogens is 1. The summed E-state index contributed by atoms with van der Waals surface area (Å²) in [5.41, 5.74) is 1.14. The number of hydrogen-bond donors (Lipinski definition) is 0. The zero-order valence-corrected chi connectivity index (χ0v) is 13.1. The molecule has 0 radical (unpaired) electrons. The third-order valence-corrected chi connectivity index (χ3v) is 3.95. The second-order valence-corrected chi connectivity index (χ2v) is 6.17. The maximum absolute atomic E-state index is 12.4. The highest BCUT2D eigenvalue weighted by molar-refractivity contribution is 9.09. The van der Waals surface area contributed by atoms with Gasteiger partial charge in [0.25, 0.3) is 5.91 Å². The number of amides is 1. The van der Waals surface area contributed by atoms with Crippen LogP contribution in [0.3, 0.4) is 0 Å². The van der Waals surface area contributed by atoms with Crippen molar-refractivity contribution < 1.29 is 4.79 Å². The minimum absolute atomic E-state index is 0.0499. The van der Waals surface area contributed by atoms with E-state index in [9.17, 15) is 4.79 Å². The summed E-state index contributed by atoms with van der Waals surface area (Å²) in [6.45, 7) is 3.22. The smallest absolute Gasteiger partial charge is 0.265 e. The number of alkyl halides is 1. The van der Waals surface area contributed by atoms with Gasteiger partial charge >= 0.3 is 0 Å². The van der Waals surface area contributed by atoms with E-state index in [-0.39, 0.29) is 5.91 Å². The van der Waals surface area contributed by atoms with Gasteiger partial charge in [0.05, 0.1) is 11.2 Å². The summed E-state index contributed by atoms with van der Waals surface area (Å²) in [7, 11) is 0. The molecular weight excluding hydrogens is 324 g/mol. The molecule has 1 aromatic heterocycles. The van der Waals surface area contributed by atoms with Crippen molar-refractivity contribution in [3.8, 4) is 0 Å². The van der Waals surface area contributed by atoms with Crippen LogP contribution in [-0.4, -0.2) is 27.7 Å². The van der Waals surface area contributed by atoms with Gasteiger partial charge in [0.15, 0.2) is 0 Å². The molecule has 1 heterocycles. The number of thiazole rings is 1. The summed E-state index contributed by atoms with van der Waals surface area (Å²) in [6, 6.07) is 10.0. The fourth-order valence-corrected chi connectivity index (χ4v) is 2.95. The standard InChI is InChI=1S/C14H15BrN2OS/c1-11-16-9-13(19-11)14(18)17(8-7-15)10-12-5-3-2-4-6-12/h2-6,9H,7-8,10H2,1H3. The third-order valence-electron chi connectivity index (χ3n) is 2.69. The minimum Gasteiger partial charge on any atom is -0.333 e. The van der Waals surface area contributed by atoms with Crippen LogP contribution in [0, 0.1) is 6.92 Å². The predicted octanol–water partition coefficient (Wildman–Crippen LogP) is 3.49. The van der Waals surface area contributed by atoms with E-state index in [0.717, 1.165) is 15.9 Å². The molecule has 2 aromatic rings. The van der Waals surface area contributed by atoms with Gasteiger partial charge in [-0.25, -0.2) is 4.98 Å². The lowest BCUT2D eigenvalue weighted by Crippen LogP contribution is -2.31. The second-order valence-electron chi connectivity index (χ2n) is 4.14. The molecule has 0 aliphatic heterocycles. The maximum atomic E-state index is 12.4. The molecule has 0 saturated heterocycles. The average molecular weight is 339 g/mol. The van der Waals surface area contributed by atoms with E-state index in [4.69, 9.17) is 0 Å². The number of aromatic nitrogens is 1. The summed E-state index contributed by atoms with van der Waals surface area (Å²) in [5.74, 6) is 0.0499. The Balaban J connectivity index is 2.13. The average Bonchev–Trinajstić information content (AvgIpc) is 2.85. The SMILES string of the molecule is Cc1ncc(C(=O)N(CCBr)Cc2ccccc2)s1. The molecule has 2 rings (SSSR count). The van der Waals surface area contributed by atoms with Crippen LogP contribution in [0.4, 0.5) is 0 Å². The van der Waals surface area contributed by atoms with Crippen LogP contribution in [0.5, 0.6) is 0 Å². The first kappa shape index (κ1) is 14.2. The molecule has 0 spiro atoms. The van der Waals surface area contributed by atoms with Crippen molar-refractivity contribution in [3.05, 3.63) is 52.0 Å². The van der Waals surface area contributed by atoms with E-state index in [0.29, 0.717) is 18.0 Å². The predicted molar refractivity (Wildman–Crippen MR) is 81.8 cm³/mol. The van der Waals surface area contributed by atoms with Gasteiger partial charge in [-0.3, -0.25) is 4.79 Å². The van der Waals surface area contributed by atoms with Gasteiger partial charge in [-0.05, 0) is 12.5 Å². The monoisotopic (exact) mass is 338 g/mol. The summed E-state index contributed by atoms with van der Waals surface area (Å²) in [6.07, 6.45) is 1.66. The molecule has 0 bridgehead atoms. The highest BCUT2D eigenvalue weighted by Gasteiger charge is 2.17. The normalized spacial score (nSPS) is 10.4. The second kappa shape index (κ2) is 6.82. The van der Waals surface area contributed by atoms with Gasteiger partial charge < -0.3 is 4.90 Å². The van der Waals surface area contributed by atoms with Crippen LogP contribution in [0.15, 0.2) is 36.5 Å². The van der Waals surface area contributed by atoms with E-state index in [2.05, 4.69) is 20.9 Å². The van der Waals surface area contributed by atoms with Gasteiger partial charge in [-0.15, -0.1) is 11.3 Å². The summed E-state index contributed by atoms with van der Waals surface area (Å²) in [5, 5.41) is 1.69. The molecule has 0 unspecified atom stereocenters. The zero-order valence-electron chi connectivity index (χ0n) is 10.7. The Labute approximate surface area is 125 Å². The van der Waals surface area contributed by atoms with Gasteiger partial charge in [0, 0.05) is 18.4 Å². The number of rotatable bonds is 5. The minimum atomic E-state index is 0.0499. The Hall–Kier alpha value is -1.20. The van der Waals surface area contributed by atoms with Crippen molar-refractivity contribution >= 4 is 33.2 Å². The van der Waals surface area contributed by atoms with E-state index in [1.807, 2.05) is 42.2 Å². The summed E-state index contributed by atoms with van der Waals surface area (Å²) < 4.78 is 0. The van der Waals surface area contributed by atoms with Crippen LogP contribution in [-0.2, 0) is 6.54 Å². The van der Waals surface area contributed by atoms with E-state index >= 15 is 0 Å². The van der Waals surface area contributed by atoms with Crippen molar-refractivity contribution in [3.63, 3.8) is 0 Å². The van der Waals surface area contributed by atoms with E-state index in [1.54, 1.807) is 6.20 Å². The lowest BCUT2D eigenvalue weighted by atomic mass is 10.2. The van der Waals surface area contributed by atoms with Crippen LogP contribution in [0.25, 0.3) is 0 Å². The highest BCUT2D eigenvalue weighted by Crippen LogP contribution is 2.16. The van der Waals surface area contributed by atoms with Crippen LogP contribution >= 0.6 is 27.3 Å². The molecule has 0 N–H and O–H groups in total. The number of hydrogen-bond acceptors (Lipinski definition) is 3. The molecule has 1 amide bonds. The quantitative estimate of drug-likeness (QED) is 0.782. The molecule has 5 heteroatoms. The highest BCUT2D eigenvalue weighted by atomic mass is 79.9. The Morgan fingerprint density at radius 2 is 2.11 bits per heavy atom. The van der Waals surface area contributed by atoms with Crippen molar-refractivity contribution in [2.75, 3.05) is 11.9 Å². The fraction of sp³-hybridized carbons (Fsp3) is 0.286. The number of carbonyl (C=O) groups is 1. The molecule has 0 fully saturated rings. The van der Waals surface area contributed by atoms with E-state index in [1.165, 1.54) is 11.3 Å². The van der Waals surface area contributed by atoms with Gasteiger partial charge in [-0.2, -0.15) is 0 Å². The first-order valence-corrected chi connectivity index (χ1v) is 7.96. The van der Waals surface area contributed by atoms with Crippen molar-refractivity contribution in [2.45, 2.75) is 13.5 Å². The first-order valence-electron chi connectivity index (χ1n) is 6.02. The summed E-state index contributed by atoms with van der Waals surface area (Å²) >= 11 is 4.85. The molecule has 1 aromatic carbocycles. The lowest BCUT2D eigenvalue weighted by Gasteiger charge is -2.21. The molecule has 100 valence electrons. The Morgan fingerprint density at radius 1 is 1.37 bits per heavy atom. The number of aryl methyl sites for hydroxylation is 1. The molecule has 0 aliphatic carbocycles. The van der Waals surface area contributed by atoms with Gasteiger partial charge in [0.1, 0.15) is 4.88 Å². The zero-order chi connectivity index (χ0) is 13.7.